The van der Waals surface area contributed by atoms with Crippen molar-refractivity contribution in [2.24, 2.45) is 5.73 Å². The van der Waals surface area contributed by atoms with Crippen LogP contribution >= 0.6 is 11.8 Å². The van der Waals surface area contributed by atoms with E-state index in [9.17, 15) is 4.39 Å². The van der Waals surface area contributed by atoms with Crippen LogP contribution in [0.4, 0.5) is 4.39 Å². The molecule has 1 unspecified atom stereocenters. The average Bonchev–Trinajstić information content (AvgIpc) is 2.47. The Kier molecular flexibility index (Phi) is 5.65. The summed E-state index contributed by atoms with van der Waals surface area (Å²) in [6, 6.07) is 13.1. The van der Waals surface area contributed by atoms with Crippen LogP contribution in [0, 0.1) is 12.7 Å². The second kappa shape index (κ2) is 7.48. The summed E-state index contributed by atoms with van der Waals surface area (Å²) in [6.07, 6.45) is 0. The number of benzene rings is 2. The minimum atomic E-state index is -0.367. The summed E-state index contributed by atoms with van der Waals surface area (Å²) in [5.41, 5.74) is 9.46. The average molecular weight is 305 g/mol. The monoisotopic (exact) mass is 305 g/mol. The van der Waals surface area contributed by atoms with Crippen molar-refractivity contribution in [3.8, 4) is 5.75 Å². The predicted molar refractivity (Wildman–Crippen MR) is 87.2 cm³/mol. The minimum absolute atomic E-state index is 0.180. The predicted octanol–water partition coefficient (Wildman–Crippen LogP) is 4.08. The number of rotatable bonds is 6. The molecule has 0 spiro atoms. The molecule has 0 bridgehead atoms. The number of nitrogens with two attached hydrogens (primary N) is 1. The van der Waals surface area contributed by atoms with Gasteiger partial charge in [-0.1, -0.05) is 35.9 Å². The maximum Gasteiger partial charge on any atom is 0.165 e. The molecule has 1 atom stereocenters. The van der Waals surface area contributed by atoms with Gasteiger partial charge in [-0.15, -0.1) is 0 Å². The van der Waals surface area contributed by atoms with E-state index in [1.807, 2.05) is 6.07 Å². The summed E-state index contributed by atoms with van der Waals surface area (Å²) in [5.74, 6) is 1.54. The molecule has 2 aromatic carbocycles. The molecule has 0 heterocycles. The van der Waals surface area contributed by atoms with Crippen LogP contribution in [-0.4, -0.2) is 12.9 Å². The number of thioether (sulfide) groups is 1. The highest BCUT2D eigenvalue weighted by atomic mass is 32.2. The molecule has 0 fully saturated rings. The van der Waals surface area contributed by atoms with Gasteiger partial charge < -0.3 is 10.5 Å². The zero-order chi connectivity index (χ0) is 15.2. The molecule has 0 aliphatic rings. The van der Waals surface area contributed by atoms with Crippen molar-refractivity contribution in [1.29, 1.82) is 0 Å². The van der Waals surface area contributed by atoms with Crippen molar-refractivity contribution in [2.45, 2.75) is 18.7 Å². The molecular formula is C17H20FNOS. The second-order valence-corrected chi connectivity index (χ2v) is 6.03. The quantitative estimate of drug-likeness (QED) is 0.873. The molecule has 2 aromatic rings. The molecule has 0 aliphatic heterocycles. The first-order chi connectivity index (χ1) is 10.1. The third-order valence-electron chi connectivity index (χ3n) is 3.25. The smallest absolute Gasteiger partial charge is 0.165 e. The van der Waals surface area contributed by atoms with Gasteiger partial charge >= 0.3 is 0 Å². The molecule has 2 N–H and O–H groups in total. The van der Waals surface area contributed by atoms with Crippen molar-refractivity contribution >= 4 is 11.8 Å². The van der Waals surface area contributed by atoms with Crippen LogP contribution in [0.2, 0.25) is 0 Å². The van der Waals surface area contributed by atoms with Gasteiger partial charge in [0.25, 0.3) is 0 Å². The van der Waals surface area contributed by atoms with Crippen molar-refractivity contribution in [3.63, 3.8) is 0 Å². The lowest BCUT2D eigenvalue weighted by atomic mass is 10.1. The van der Waals surface area contributed by atoms with E-state index in [4.69, 9.17) is 10.5 Å². The van der Waals surface area contributed by atoms with Gasteiger partial charge in [-0.3, -0.25) is 0 Å². The lowest BCUT2D eigenvalue weighted by Gasteiger charge is -2.13. The van der Waals surface area contributed by atoms with Gasteiger partial charge in [0.2, 0.25) is 0 Å². The molecule has 0 saturated heterocycles. The Bertz CT molecular complexity index is 603. The maximum atomic E-state index is 13.7. The van der Waals surface area contributed by atoms with Crippen LogP contribution in [-0.2, 0) is 5.75 Å². The molecule has 0 amide bonds. The first-order valence-electron chi connectivity index (χ1n) is 6.82. The van der Waals surface area contributed by atoms with Crippen LogP contribution in [0.25, 0.3) is 0 Å². The van der Waals surface area contributed by atoms with Crippen molar-refractivity contribution < 1.29 is 9.13 Å². The molecule has 0 aromatic heterocycles. The molecule has 4 heteroatoms. The van der Waals surface area contributed by atoms with E-state index in [-0.39, 0.29) is 17.6 Å². The normalized spacial score (nSPS) is 12.2. The minimum Gasteiger partial charge on any atom is -0.494 e. The van der Waals surface area contributed by atoms with Gasteiger partial charge in [-0.2, -0.15) is 11.8 Å². The van der Waals surface area contributed by atoms with E-state index in [0.717, 1.165) is 17.1 Å². The topological polar surface area (TPSA) is 35.2 Å². The Hall–Kier alpha value is -1.52. The molecule has 2 nitrogen and oxygen atoms in total. The molecule has 21 heavy (non-hydrogen) atoms. The van der Waals surface area contributed by atoms with E-state index < -0.39 is 0 Å². The Balaban J connectivity index is 1.89. The van der Waals surface area contributed by atoms with Gasteiger partial charge in [0.15, 0.2) is 11.6 Å². The Morgan fingerprint density at radius 3 is 2.71 bits per heavy atom. The number of hydrogen-bond donors (Lipinski definition) is 1. The molecule has 0 radical (unpaired) electrons. The van der Waals surface area contributed by atoms with Crippen LogP contribution in [0.1, 0.15) is 22.7 Å². The van der Waals surface area contributed by atoms with Crippen LogP contribution in [0.3, 0.4) is 0 Å². The molecule has 0 aliphatic carbocycles. The summed E-state index contributed by atoms with van der Waals surface area (Å²) in [5, 5.41) is 0. The van der Waals surface area contributed by atoms with Crippen LogP contribution in [0.5, 0.6) is 5.75 Å². The highest BCUT2D eigenvalue weighted by Crippen LogP contribution is 2.24. The fourth-order valence-electron chi connectivity index (χ4n) is 2.12. The maximum absolute atomic E-state index is 13.7. The van der Waals surface area contributed by atoms with Gasteiger partial charge in [-0.05, 0) is 30.2 Å². The number of methoxy groups -OCH3 is 1. The Labute approximate surface area is 129 Å². The highest BCUT2D eigenvalue weighted by Gasteiger charge is 2.10. The number of halogens is 1. The lowest BCUT2D eigenvalue weighted by molar-refractivity contribution is 0.386. The van der Waals surface area contributed by atoms with Crippen molar-refractivity contribution in [3.05, 3.63) is 65.0 Å². The molecule has 2 rings (SSSR count). The molecule has 0 saturated carbocycles. The zero-order valence-corrected chi connectivity index (χ0v) is 13.1. The first-order valence-corrected chi connectivity index (χ1v) is 7.98. The van der Waals surface area contributed by atoms with Gasteiger partial charge in [0.05, 0.1) is 7.11 Å². The standard InChI is InChI=1S/C17H20FNOS/c1-12-4-3-5-13(8-12)10-21-11-16(19)14-6-7-17(20-2)15(18)9-14/h3-9,16H,10-11,19H2,1-2H3. The number of aryl methyl sites for hydroxylation is 1. The summed E-state index contributed by atoms with van der Waals surface area (Å²) in [4.78, 5) is 0. The summed E-state index contributed by atoms with van der Waals surface area (Å²) >= 11 is 1.76. The fraction of sp³-hybridized carbons (Fsp3) is 0.294. The van der Waals surface area contributed by atoms with Crippen LogP contribution in [0.15, 0.2) is 42.5 Å². The Morgan fingerprint density at radius 2 is 2.05 bits per heavy atom. The molecule has 112 valence electrons. The fourth-order valence-corrected chi connectivity index (χ4v) is 3.09. The van der Waals surface area contributed by atoms with Crippen molar-refractivity contribution in [1.82, 2.24) is 0 Å². The third kappa shape index (κ3) is 4.48. The first kappa shape index (κ1) is 15.9. The highest BCUT2D eigenvalue weighted by molar-refractivity contribution is 7.98. The van der Waals surface area contributed by atoms with Gasteiger partial charge in [0.1, 0.15) is 0 Å². The largest absolute Gasteiger partial charge is 0.494 e. The van der Waals surface area contributed by atoms with E-state index >= 15 is 0 Å². The SMILES string of the molecule is COc1ccc(C(N)CSCc2cccc(C)c2)cc1F. The van der Waals surface area contributed by atoms with Crippen molar-refractivity contribution in [2.75, 3.05) is 12.9 Å². The van der Waals surface area contributed by atoms with E-state index in [0.29, 0.717) is 0 Å². The second-order valence-electron chi connectivity index (χ2n) is 5.00. The Morgan fingerprint density at radius 1 is 1.24 bits per heavy atom. The summed E-state index contributed by atoms with van der Waals surface area (Å²) < 4.78 is 18.6. The van der Waals surface area contributed by atoms with E-state index in [2.05, 4.69) is 31.2 Å². The number of ether oxygens (including phenoxy) is 1. The lowest BCUT2D eigenvalue weighted by Crippen LogP contribution is -2.13. The van der Waals surface area contributed by atoms with Gasteiger partial charge in [-0.25, -0.2) is 4.39 Å². The van der Waals surface area contributed by atoms with Gasteiger partial charge in [0, 0.05) is 17.5 Å². The summed E-state index contributed by atoms with van der Waals surface area (Å²) in [7, 11) is 1.45. The zero-order valence-electron chi connectivity index (χ0n) is 12.3. The third-order valence-corrected chi connectivity index (χ3v) is 4.38. The van der Waals surface area contributed by atoms with E-state index in [1.165, 1.54) is 24.3 Å². The van der Waals surface area contributed by atoms with E-state index in [1.54, 1.807) is 17.8 Å². The number of hydrogen-bond acceptors (Lipinski definition) is 3. The summed E-state index contributed by atoms with van der Waals surface area (Å²) in [6.45, 7) is 2.08. The van der Waals surface area contributed by atoms with Crippen LogP contribution < -0.4 is 10.5 Å². The molecular weight excluding hydrogens is 285 g/mol.